The molecule has 2 aromatic rings. The number of hydrogen-bond donors (Lipinski definition) is 1. The summed E-state index contributed by atoms with van der Waals surface area (Å²) in [4.78, 5) is 12.4. The first-order chi connectivity index (χ1) is 12.1. The second-order valence-corrected chi connectivity index (χ2v) is 7.98. The Morgan fingerprint density at radius 2 is 2.00 bits per heavy atom. The Morgan fingerprint density at radius 3 is 2.64 bits per heavy atom. The van der Waals surface area contributed by atoms with Crippen LogP contribution >= 0.6 is 11.8 Å². The van der Waals surface area contributed by atoms with Gasteiger partial charge < -0.3 is 9.88 Å². The van der Waals surface area contributed by atoms with Crippen molar-refractivity contribution in [1.29, 1.82) is 0 Å². The highest BCUT2D eigenvalue weighted by molar-refractivity contribution is 8.00. The van der Waals surface area contributed by atoms with Gasteiger partial charge in [0.1, 0.15) is 5.82 Å². The van der Waals surface area contributed by atoms with Crippen molar-refractivity contribution in [2.75, 3.05) is 6.54 Å². The molecule has 1 aliphatic rings. The molecule has 1 heterocycles. The van der Waals surface area contributed by atoms with Crippen LogP contribution in [0.2, 0.25) is 0 Å². The fourth-order valence-electron chi connectivity index (χ4n) is 2.84. The molecule has 1 N–H and O–H groups in total. The van der Waals surface area contributed by atoms with Crippen molar-refractivity contribution in [1.82, 2.24) is 20.1 Å². The van der Waals surface area contributed by atoms with Crippen LogP contribution in [0.25, 0.3) is 0 Å². The van der Waals surface area contributed by atoms with Gasteiger partial charge in [0.25, 0.3) is 0 Å². The molecule has 0 spiro atoms. The number of nitrogens with zero attached hydrogens (tertiary/aromatic N) is 3. The normalized spacial score (nSPS) is 16.4. The van der Waals surface area contributed by atoms with Gasteiger partial charge in [-0.1, -0.05) is 49.0 Å². The zero-order valence-corrected chi connectivity index (χ0v) is 15.9. The summed E-state index contributed by atoms with van der Waals surface area (Å²) in [6.45, 7) is 7.65. The Balaban J connectivity index is 1.54. The maximum absolute atomic E-state index is 12.4. The monoisotopic (exact) mass is 358 g/mol. The number of aromatic nitrogens is 3. The van der Waals surface area contributed by atoms with Gasteiger partial charge in [-0.2, -0.15) is 0 Å². The van der Waals surface area contributed by atoms with E-state index in [1.54, 1.807) is 0 Å². The molecule has 1 aromatic carbocycles. The lowest BCUT2D eigenvalue weighted by Gasteiger charge is -2.16. The number of hydrogen-bond acceptors (Lipinski definition) is 4. The van der Waals surface area contributed by atoms with Gasteiger partial charge in [-0.3, -0.25) is 4.79 Å². The summed E-state index contributed by atoms with van der Waals surface area (Å²) in [5.41, 5.74) is 1.24. The maximum atomic E-state index is 12.4. The Morgan fingerprint density at radius 1 is 1.28 bits per heavy atom. The highest BCUT2D eigenvalue weighted by Crippen LogP contribution is 2.40. The first-order valence-corrected chi connectivity index (χ1v) is 9.90. The summed E-state index contributed by atoms with van der Waals surface area (Å²) in [5.74, 6) is 1.99. The van der Waals surface area contributed by atoms with Crippen molar-refractivity contribution >= 4 is 17.7 Å². The van der Waals surface area contributed by atoms with E-state index in [0.717, 1.165) is 17.5 Å². The van der Waals surface area contributed by atoms with Crippen LogP contribution in [0.15, 0.2) is 35.5 Å². The van der Waals surface area contributed by atoms with Gasteiger partial charge in [0.15, 0.2) is 5.16 Å². The topological polar surface area (TPSA) is 59.8 Å². The third-order valence-corrected chi connectivity index (χ3v) is 5.69. The number of nitrogens with one attached hydrogen (secondary N) is 1. The Hall–Kier alpha value is -1.82. The van der Waals surface area contributed by atoms with Crippen molar-refractivity contribution in [2.45, 2.75) is 62.4 Å². The van der Waals surface area contributed by atoms with E-state index in [9.17, 15) is 4.79 Å². The van der Waals surface area contributed by atoms with E-state index < -0.39 is 0 Å². The minimum atomic E-state index is -0.190. The van der Waals surface area contributed by atoms with Crippen LogP contribution in [0.4, 0.5) is 0 Å². The quantitative estimate of drug-likeness (QED) is 0.733. The van der Waals surface area contributed by atoms with Gasteiger partial charge in [-0.15, -0.1) is 10.2 Å². The Labute approximate surface area is 153 Å². The molecule has 1 fully saturated rings. The first-order valence-electron chi connectivity index (χ1n) is 9.02. The number of amides is 1. The SMILES string of the molecule is CCn1c(S[C@H](C)C(=O)NC[C@@H](C)c2ccccc2)nnc1C1CC1. The van der Waals surface area contributed by atoms with Gasteiger partial charge in [0, 0.05) is 19.0 Å². The molecule has 0 unspecified atom stereocenters. The van der Waals surface area contributed by atoms with E-state index in [-0.39, 0.29) is 11.2 Å². The van der Waals surface area contributed by atoms with E-state index in [4.69, 9.17) is 0 Å². The van der Waals surface area contributed by atoms with E-state index >= 15 is 0 Å². The lowest BCUT2D eigenvalue weighted by atomic mass is 10.0. The number of benzene rings is 1. The molecule has 2 atom stereocenters. The van der Waals surface area contributed by atoms with Crippen LogP contribution < -0.4 is 5.32 Å². The predicted molar refractivity (Wildman–Crippen MR) is 101 cm³/mol. The molecule has 3 rings (SSSR count). The zero-order chi connectivity index (χ0) is 17.8. The highest BCUT2D eigenvalue weighted by Gasteiger charge is 2.30. The third-order valence-electron chi connectivity index (χ3n) is 4.61. The summed E-state index contributed by atoms with van der Waals surface area (Å²) in [7, 11) is 0. The van der Waals surface area contributed by atoms with E-state index in [1.165, 1.54) is 30.2 Å². The van der Waals surface area contributed by atoms with Crippen LogP contribution in [0.5, 0.6) is 0 Å². The van der Waals surface area contributed by atoms with Crippen LogP contribution in [0.3, 0.4) is 0 Å². The van der Waals surface area contributed by atoms with Gasteiger partial charge in [0.05, 0.1) is 5.25 Å². The minimum absolute atomic E-state index is 0.0476. The molecule has 5 nitrogen and oxygen atoms in total. The lowest BCUT2D eigenvalue weighted by molar-refractivity contribution is -0.120. The average Bonchev–Trinajstić information content (AvgIpc) is 3.41. The van der Waals surface area contributed by atoms with Crippen molar-refractivity contribution < 1.29 is 4.79 Å². The molecule has 0 saturated heterocycles. The summed E-state index contributed by atoms with van der Waals surface area (Å²) >= 11 is 1.49. The summed E-state index contributed by atoms with van der Waals surface area (Å²) < 4.78 is 2.15. The number of thioether (sulfide) groups is 1. The maximum Gasteiger partial charge on any atom is 0.233 e. The minimum Gasteiger partial charge on any atom is -0.355 e. The van der Waals surface area contributed by atoms with Crippen molar-refractivity contribution in [2.24, 2.45) is 0 Å². The first kappa shape index (κ1) is 18.0. The molecule has 25 heavy (non-hydrogen) atoms. The molecule has 1 amide bonds. The number of carbonyl (C=O) groups excluding carboxylic acids is 1. The van der Waals surface area contributed by atoms with Gasteiger partial charge in [0.2, 0.25) is 5.91 Å². The van der Waals surface area contributed by atoms with Gasteiger partial charge >= 0.3 is 0 Å². The molecule has 0 aliphatic heterocycles. The predicted octanol–water partition coefficient (Wildman–Crippen LogP) is 3.58. The second-order valence-electron chi connectivity index (χ2n) is 6.68. The average molecular weight is 359 g/mol. The molecule has 134 valence electrons. The Kier molecular flexibility index (Phi) is 5.78. The third kappa shape index (κ3) is 4.42. The van der Waals surface area contributed by atoms with Crippen molar-refractivity contribution in [3.63, 3.8) is 0 Å². The molecular weight excluding hydrogens is 332 g/mol. The van der Waals surface area contributed by atoms with Crippen LogP contribution in [-0.2, 0) is 11.3 Å². The molecular formula is C19H26N4OS. The van der Waals surface area contributed by atoms with Crippen molar-refractivity contribution in [3.05, 3.63) is 41.7 Å². The van der Waals surface area contributed by atoms with E-state index in [0.29, 0.717) is 18.4 Å². The van der Waals surface area contributed by atoms with Crippen molar-refractivity contribution in [3.8, 4) is 0 Å². The summed E-state index contributed by atoms with van der Waals surface area (Å²) in [6, 6.07) is 10.3. The number of carbonyl (C=O) groups is 1. The van der Waals surface area contributed by atoms with Crippen LogP contribution in [0, 0.1) is 0 Å². The zero-order valence-electron chi connectivity index (χ0n) is 15.1. The molecule has 1 aliphatic carbocycles. The second kappa shape index (κ2) is 8.04. The molecule has 0 bridgehead atoms. The standard InChI is InChI=1S/C19H26N4OS/c1-4-23-17(16-10-11-16)21-22-19(23)25-14(3)18(24)20-12-13(2)15-8-6-5-7-9-15/h5-9,13-14,16H,4,10-12H2,1-3H3,(H,20,24)/t13-,14-/m1/s1. The lowest BCUT2D eigenvalue weighted by Crippen LogP contribution is -2.33. The highest BCUT2D eigenvalue weighted by atomic mass is 32.2. The van der Waals surface area contributed by atoms with Gasteiger partial charge in [-0.05, 0) is 38.2 Å². The smallest absolute Gasteiger partial charge is 0.233 e. The molecule has 6 heteroatoms. The fraction of sp³-hybridized carbons (Fsp3) is 0.526. The summed E-state index contributed by atoms with van der Waals surface area (Å²) in [5, 5.41) is 12.4. The number of rotatable bonds is 8. The molecule has 1 aromatic heterocycles. The molecule has 0 radical (unpaired) electrons. The van der Waals surface area contributed by atoms with E-state index in [1.807, 2.05) is 25.1 Å². The van der Waals surface area contributed by atoms with Gasteiger partial charge in [-0.25, -0.2) is 0 Å². The van der Waals surface area contributed by atoms with Crippen LogP contribution in [0.1, 0.15) is 56.8 Å². The molecule has 1 saturated carbocycles. The van der Waals surface area contributed by atoms with E-state index in [2.05, 4.69) is 46.1 Å². The van der Waals surface area contributed by atoms with Crippen LogP contribution in [-0.4, -0.2) is 32.5 Å². The fourth-order valence-corrected chi connectivity index (χ4v) is 3.78. The largest absolute Gasteiger partial charge is 0.355 e. The summed E-state index contributed by atoms with van der Waals surface area (Å²) in [6.07, 6.45) is 2.41. The Bertz CT molecular complexity index is 711.